The van der Waals surface area contributed by atoms with Crippen molar-refractivity contribution in [2.75, 3.05) is 14.2 Å². The lowest BCUT2D eigenvalue weighted by Gasteiger charge is -2.12. The number of aryl methyl sites for hydroxylation is 2. The maximum Gasteiger partial charge on any atom is 0.193 e. The number of ketones is 1. The van der Waals surface area contributed by atoms with Crippen LogP contribution in [0.4, 0.5) is 0 Å². The second kappa shape index (κ2) is 6.19. The molecule has 0 fully saturated rings. The van der Waals surface area contributed by atoms with Gasteiger partial charge in [-0.05, 0) is 31.5 Å². The van der Waals surface area contributed by atoms with Crippen molar-refractivity contribution in [1.29, 1.82) is 0 Å². The highest BCUT2D eigenvalue weighted by molar-refractivity contribution is 6.33. The van der Waals surface area contributed by atoms with Gasteiger partial charge in [-0.25, -0.2) is 0 Å². The standard InChI is InChI=1S/C17H17ClO3/c1-10-5-6-13(11(2)7-10)16(19)12-8-14(18)17(21-4)15(9-12)20-3/h5-9H,1-4H3. The topological polar surface area (TPSA) is 35.5 Å². The number of hydrogen-bond donors (Lipinski definition) is 0. The monoisotopic (exact) mass is 304 g/mol. The second-order valence-electron chi connectivity index (χ2n) is 4.84. The van der Waals surface area contributed by atoms with Crippen molar-refractivity contribution in [2.45, 2.75) is 13.8 Å². The van der Waals surface area contributed by atoms with Crippen LogP contribution in [0.15, 0.2) is 30.3 Å². The summed E-state index contributed by atoms with van der Waals surface area (Å²) in [5.41, 5.74) is 3.19. The molecule has 0 saturated carbocycles. The van der Waals surface area contributed by atoms with E-state index in [2.05, 4.69) is 0 Å². The zero-order valence-corrected chi connectivity index (χ0v) is 13.2. The number of rotatable bonds is 4. The fourth-order valence-corrected chi connectivity index (χ4v) is 2.56. The number of ether oxygens (including phenoxy) is 2. The Morgan fingerprint density at radius 2 is 1.76 bits per heavy atom. The summed E-state index contributed by atoms with van der Waals surface area (Å²) in [6, 6.07) is 8.98. The Bertz CT molecular complexity index is 693. The molecule has 0 unspecified atom stereocenters. The molecule has 0 radical (unpaired) electrons. The van der Waals surface area contributed by atoms with Gasteiger partial charge in [0.1, 0.15) is 0 Å². The first-order valence-corrected chi connectivity index (χ1v) is 6.89. The van der Waals surface area contributed by atoms with Crippen molar-refractivity contribution in [3.8, 4) is 11.5 Å². The lowest BCUT2D eigenvalue weighted by atomic mass is 9.97. The molecule has 0 bridgehead atoms. The van der Waals surface area contributed by atoms with Crippen LogP contribution in [0.2, 0.25) is 5.02 Å². The van der Waals surface area contributed by atoms with E-state index in [1.165, 1.54) is 14.2 Å². The molecule has 0 aromatic heterocycles. The van der Waals surface area contributed by atoms with Crippen molar-refractivity contribution in [1.82, 2.24) is 0 Å². The van der Waals surface area contributed by atoms with Crippen LogP contribution in [-0.4, -0.2) is 20.0 Å². The maximum absolute atomic E-state index is 12.6. The van der Waals surface area contributed by atoms with E-state index in [9.17, 15) is 4.79 Å². The summed E-state index contributed by atoms with van der Waals surface area (Å²) in [6.45, 7) is 3.91. The third-order valence-corrected chi connectivity index (χ3v) is 3.60. The molecule has 2 rings (SSSR count). The summed E-state index contributed by atoms with van der Waals surface area (Å²) >= 11 is 6.15. The molecule has 3 nitrogen and oxygen atoms in total. The van der Waals surface area contributed by atoms with Gasteiger partial charge >= 0.3 is 0 Å². The molecule has 0 heterocycles. The van der Waals surface area contributed by atoms with E-state index >= 15 is 0 Å². The summed E-state index contributed by atoms with van der Waals surface area (Å²) < 4.78 is 10.4. The number of halogens is 1. The van der Waals surface area contributed by atoms with Gasteiger partial charge in [-0.1, -0.05) is 35.4 Å². The Kier molecular flexibility index (Phi) is 4.53. The lowest BCUT2D eigenvalue weighted by molar-refractivity contribution is 0.103. The smallest absolute Gasteiger partial charge is 0.193 e. The minimum Gasteiger partial charge on any atom is -0.493 e. The molecule has 21 heavy (non-hydrogen) atoms. The molecule has 0 aliphatic heterocycles. The van der Waals surface area contributed by atoms with Gasteiger partial charge in [-0.15, -0.1) is 0 Å². The van der Waals surface area contributed by atoms with Crippen LogP contribution in [0.3, 0.4) is 0 Å². The number of benzene rings is 2. The quantitative estimate of drug-likeness (QED) is 0.794. The first-order chi connectivity index (χ1) is 9.97. The Morgan fingerprint density at radius 3 is 2.33 bits per heavy atom. The predicted octanol–water partition coefficient (Wildman–Crippen LogP) is 4.21. The average Bonchev–Trinajstić information content (AvgIpc) is 2.45. The van der Waals surface area contributed by atoms with Gasteiger partial charge in [0.05, 0.1) is 19.2 Å². The predicted molar refractivity (Wildman–Crippen MR) is 83.9 cm³/mol. The molecule has 0 saturated heterocycles. The highest BCUT2D eigenvalue weighted by atomic mass is 35.5. The highest BCUT2D eigenvalue weighted by Crippen LogP contribution is 2.36. The first-order valence-electron chi connectivity index (χ1n) is 6.51. The number of carbonyl (C=O) groups excluding carboxylic acids is 1. The van der Waals surface area contributed by atoms with Crippen LogP contribution in [-0.2, 0) is 0 Å². The highest BCUT2D eigenvalue weighted by Gasteiger charge is 2.17. The number of hydrogen-bond acceptors (Lipinski definition) is 3. The van der Waals surface area contributed by atoms with E-state index in [-0.39, 0.29) is 5.78 Å². The molecule has 0 aliphatic rings. The molecule has 0 atom stereocenters. The third-order valence-electron chi connectivity index (χ3n) is 3.32. The average molecular weight is 305 g/mol. The van der Waals surface area contributed by atoms with Gasteiger partial charge in [-0.2, -0.15) is 0 Å². The normalized spacial score (nSPS) is 10.3. The maximum atomic E-state index is 12.6. The lowest BCUT2D eigenvalue weighted by Crippen LogP contribution is -2.05. The summed E-state index contributed by atoms with van der Waals surface area (Å²) in [5.74, 6) is 0.782. The van der Waals surface area contributed by atoms with Crippen molar-refractivity contribution < 1.29 is 14.3 Å². The minimum atomic E-state index is -0.0876. The van der Waals surface area contributed by atoms with Gasteiger partial charge in [0.25, 0.3) is 0 Å². The van der Waals surface area contributed by atoms with E-state index in [1.807, 2.05) is 32.0 Å². The van der Waals surface area contributed by atoms with Crippen LogP contribution in [0.5, 0.6) is 11.5 Å². The molecule has 2 aromatic rings. The summed E-state index contributed by atoms with van der Waals surface area (Å²) in [6.07, 6.45) is 0. The minimum absolute atomic E-state index is 0.0876. The largest absolute Gasteiger partial charge is 0.493 e. The van der Waals surface area contributed by atoms with E-state index in [0.717, 1.165) is 11.1 Å². The molecule has 0 spiro atoms. The van der Waals surface area contributed by atoms with Gasteiger partial charge in [0, 0.05) is 11.1 Å². The van der Waals surface area contributed by atoms with Crippen molar-refractivity contribution in [2.24, 2.45) is 0 Å². The molecule has 0 aliphatic carbocycles. The van der Waals surface area contributed by atoms with Gasteiger partial charge in [-0.3, -0.25) is 4.79 Å². The first kappa shape index (κ1) is 15.4. The molecule has 0 amide bonds. The third kappa shape index (κ3) is 3.03. The van der Waals surface area contributed by atoms with Crippen LogP contribution in [0.25, 0.3) is 0 Å². The fraction of sp³-hybridized carbons (Fsp3) is 0.235. The van der Waals surface area contributed by atoms with Crippen molar-refractivity contribution >= 4 is 17.4 Å². The molecular formula is C17H17ClO3. The Morgan fingerprint density at radius 1 is 1.05 bits per heavy atom. The number of carbonyl (C=O) groups is 1. The van der Waals surface area contributed by atoms with Crippen molar-refractivity contribution in [3.05, 3.63) is 57.6 Å². The van der Waals surface area contributed by atoms with Crippen LogP contribution in [0.1, 0.15) is 27.0 Å². The van der Waals surface area contributed by atoms with E-state index in [4.69, 9.17) is 21.1 Å². The van der Waals surface area contributed by atoms with E-state index in [0.29, 0.717) is 27.6 Å². The summed E-state index contributed by atoms with van der Waals surface area (Å²) in [4.78, 5) is 12.6. The molecule has 4 heteroatoms. The number of methoxy groups -OCH3 is 2. The fourth-order valence-electron chi connectivity index (χ4n) is 2.27. The molecule has 110 valence electrons. The van der Waals surface area contributed by atoms with E-state index in [1.54, 1.807) is 12.1 Å². The molecule has 0 N–H and O–H groups in total. The van der Waals surface area contributed by atoms with Crippen LogP contribution in [0, 0.1) is 13.8 Å². The summed E-state index contributed by atoms with van der Waals surface area (Å²) in [5, 5.41) is 0.352. The van der Waals surface area contributed by atoms with Gasteiger partial charge in [0.15, 0.2) is 17.3 Å². The van der Waals surface area contributed by atoms with Crippen molar-refractivity contribution in [3.63, 3.8) is 0 Å². The Hall–Kier alpha value is -2.00. The molecular weight excluding hydrogens is 288 g/mol. The Balaban J connectivity index is 2.51. The van der Waals surface area contributed by atoms with Crippen LogP contribution >= 0.6 is 11.6 Å². The van der Waals surface area contributed by atoms with Gasteiger partial charge < -0.3 is 9.47 Å². The Labute approximate surface area is 129 Å². The zero-order valence-electron chi connectivity index (χ0n) is 12.5. The summed E-state index contributed by atoms with van der Waals surface area (Å²) in [7, 11) is 3.02. The van der Waals surface area contributed by atoms with Crippen LogP contribution < -0.4 is 9.47 Å². The molecule has 2 aromatic carbocycles. The second-order valence-corrected chi connectivity index (χ2v) is 5.25. The van der Waals surface area contributed by atoms with Gasteiger partial charge in [0.2, 0.25) is 0 Å². The zero-order chi connectivity index (χ0) is 15.6. The SMILES string of the molecule is COc1cc(C(=O)c2ccc(C)cc2C)cc(Cl)c1OC. The van der Waals surface area contributed by atoms with E-state index < -0.39 is 0 Å².